The summed E-state index contributed by atoms with van der Waals surface area (Å²) in [6, 6.07) is -0.686. The van der Waals surface area contributed by atoms with Crippen molar-refractivity contribution in [2.24, 2.45) is 11.8 Å². The lowest BCUT2D eigenvalue weighted by atomic mass is 10.1. The van der Waals surface area contributed by atoms with E-state index in [0.717, 1.165) is 0 Å². The van der Waals surface area contributed by atoms with Crippen LogP contribution < -0.4 is 5.32 Å². The molecule has 1 saturated heterocycles. The summed E-state index contributed by atoms with van der Waals surface area (Å²) in [4.78, 5) is 25.2. The first-order chi connectivity index (χ1) is 8.40. The maximum Gasteiger partial charge on any atom is 0.327 e. The first-order valence-corrected chi connectivity index (χ1v) is 7.26. The van der Waals surface area contributed by atoms with Crippen molar-refractivity contribution in [3.63, 3.8) is 0 Å². The Morgan fingerprint density at radius 3 is 2.50 bits per heavy atom. The number of thioether (sulfide) groups is 1. The summed E-state index contributed by atoms with van der Waals surface area (Å²) in [6.07, 6.45) is 0. The van der Waals surface area contributed by atoms with Crippen LogP contribution in [-0.4, -0.2) is 52.6 Å². The molecule has 0 aliphatic carbocycles. The smallest absolute Gasteiger partial charge is 0.327 e. The van der Waals surface area contributed by atoms with E-state index in [1.165, 1.54) is 0 Å². The number of amides is 1. The van der Waals surface area contributed by atoms with E-state index in [1.807, 2.05) is 20.8 Å². The molecule has 0 aromatic heterocycles. The number of nitrogens with zero attached hydrogens (tertiary/aromatic N) is 1. The second-order valence-corrected chi connectivity index (χ2v) is 6.18. The molecule has 3 atom stereocenters. The molecule has 1 heterocycles. The molecule has 0 saturated carbocycles. The second-order valence-electron chi connectivity index (χ2n) is 5.03. The molecule has 1 fully saturated rings. The van der Waals surface area contributed by atoms with Gasteiger partial charge >= 0.3 is 5.97 Å². The van der Waals surface area contributed by atoms with Gasteiger partial charge in [-0.1, -0.05) is 20.8 Å². The van der Waals surface area contributed by atoms with Gasteiger partial charge in [-0.25, -0.2) is 4.79 Å². The SMILES string of the molecule is CNCC(C)C(=O)N1C(C(=O)O)CSC1C(C)C. The fourth-order valence-corrected chi connectivity index (χ4v) is 3.64. The minimum atomic E-state index is -0.907. The summed E-state index contributed by atoms with van der Waals surface area (Å²) in [7, 11) is 1.79. The highest BCUT2D eigenvalue weighted by molar-refractivity contribution is 8.00. The van der Waals surface area contributed by atoms with E-state index in [9.17, 15) is 14.7 Å². The first-order valence-electron chi connectivity index (χ1n) is 6.21. The Morgan fingerprint density at radius 1 is 1.44 bits per heavy atom. The Bertz CT molecular complexity index is 322. The minimum Gasteiger partial charge on any atom is -0.480 e. The first kappa shape index (κ1) is 15.3. The molecule has 1 aliphatic heterocycles. The van der Waals surface area contributed by atoms with Gasteiger partial charge in [-0.2, -0.15) is 0 Å². The number of aliphatic carboxylic acids is 1. The third-order valence-electron chi connectivity index (χ3n) is 3.08. The number of nitrogens with one attached hydrogen (secondary N) is 1. The highest BCUT2D eigenvalue weighted by Gasteiger charge is 2.43. The summed E-state index contributed by atoms with van der Waals surface area (Å²) in [5, 5.41) is 12.1. The van der Waals surface area contributed by atoms with Gasteiger partial charge in [-0.3, -0.25) is 4.79 Å². The minimum absolute atomic E-state index is 0.0297. The summed E-state index contributed by atoms with van der Waals surface area (Å²) in [5.41, 5.74) is 0. The van der Waals surface area contributed by atoms with E-state index < -0.39 is 12.0 Å². The van der Waals surface area contributed by atoms with Crippen molar-refractivity contribution >= 4 is 23.6 Å². The number of rotatable bonds is 5. The van der Waals surface area contributed by atoms with E-state index in [1.54, 1.807) is 23.7 Å². The van der Waals surface area contributed by atoms with Crippen molar-refractivity contribution in [1.29, 1.82) is 0 Å². The average molecular weight is 274 g/mol. The molecule has 0 radical (unpaired) electrons. The van der Waals surface area contributed by atoms with Crippen molar-refractivity contribution in [1.82, 2.24) is 10.2 Å². The zero-order valence-corrected chi connectivity index (χ0v) is 12.2. The van der Waals surface area contributed by atoms with E-state index >= 15 is 0 Å². The van der Waals surface area contributed by atoms with E-state index in [2.05, 4.69) is 5.32 Å². The molecule has 1 rings (SSSR count). The Balaban J connectivity index is 2.89. The number of hydrogen-bond acceptors (Lipinski definition) is 4. The number of hydrogen-bond donors (Lipinski definition) is 2. The molecule has 6 heteroatoms. The molecule has 1 aliphatic rings. The summed E-state index contributed by atoms with van der Waals surface area (Å²) >= 11 is 1.56. The molecule has 18 heavy (non-hydrogen) atoms. The fourth-order valence-electron chi connectivity index (χ4n) is 2.16. The van der Waals surface area contributed by atoms with Crippen LogP contribution in [0.15, 0.2) is 0 Å². The van der Waals surface area contributed by atoms with Gasteiger partial charge in [0, 0.05) is 18.2 Å². The summed E-state index contributed by atoms with van der Waals surface area (Å²) < 4.78 is 0. The predicted molar refractivity (Wildman–Crippen MR) is 72.4 cm³/mol. The quantitative estimate of drug-likeness (QED) is 0.778. The van der Waals surface area contributed by atoms with Gasteiger partial charge in [0.2, 0.25) is 5.91 Å². The van der Waals surface area contributed by atoms with Crippen molar-refractivity contribution < 1.29 is 14.7 Å². The van der Waals surface area contributed by atoms with Gasteiger partial charge < -0.3 is 15.3 Å². The normalized spacial score (nSPS) is 25.5. The highest BCUT2D eigenvalue weighted by Crippen LogP contribution is 2.35. The highest BCUT2D eigenvalue weighted by atomic mass is 32.2. The van der Waals surface area contributed by atoms with Gasteiger partial charge in [0.25, 0.3) is 0 Å². The molecule has 104 valence electrons. The van der Waals surface area contributed by atoms with Gasteiger partial charge in [0.15, 0.2) is 0 Å². The molecular formula is C12H22N2O3S. The lowest BCUT2D eigenvalue weighted by molar-refractivity contribution is -0.151. The summed E-state index contributed by atoms with van der Waals surface area (Å²) in [5.74, 6) is -0.436. The number of carboxylic acids is 1. The van der Waals surface area contributed by atoms with Crippen molar-refractivity contribution in [3.05, 3.63) is 0 Å². The largest absolute Gasteiger partial charge is 0.480 e. The van der Waals surface area contributed by atoms with Crippen molar-refractivity contribution in [2.75, 3.05) is 19.3 Å². The molecule has 3 unspecified atom stereocenters. The van der Waals surface area contributed by atoms with Gasteiger partial charge in [-0.05, 0) is 13.0 Å². The summed E-state index contributed by atoms with van der Waals surface area (Å²) in [6.45, 7) is 6.44. The lowest BCUT2D eigenvalue weighted by Crippen LogP contribution is -2.50. The van der Waals surface area contributed by atoms with Crippen LogP contribution in [0, 0.1) is 11.8 Å². The van der Waals surface area contributed by atoms with E-state index in [-0.39, 0.29) is 23.1 Å². The molecule has 1 amide bonds. The average Bonchev–Trinajstić information content (AvgIpc) is 2.72. The topological polar surface area (TPSA) is 69.6 Å². The van der Waals surface area contributed by atoms with Crippen LogP contribution in [0.4, 0.5) is 0 Å². The standard InChI is InChI=1S/C12H22N2O3S/c1-7(2)11-14(9(6-18-11)12(16)17)10(15)8(3)5-13-4/h7-9,11,13H,5-6H2,1-4H3,(H,16,17). The number of carboxylic acid groups (broad SMARTS) is 1. The Kier molecular flexibility index (Phi) is 5.47. The fraction of sp³-hybridized carbons (Fsp3) is 0.833. The maximum atomic E-state index is 12.4. The number of carbonyl (C=O) groups is 2. The predicted octanol–water partition coefficient (Wildman–Crippen LogP) is 0.853. The van der Waals surface area contributed by atoms with E-state index in [0.29, 0.717) is 12.3 Å². The lowest BCUT2D eigenvalue weighted by Gasteiger charge is -2.31. The molecule has 0 bridgehead atoms. The number of carbonyl (C=O) groups excluding carboxylic acids is 1. The Labute approximate surface area is 112 Å². The van der Waals surface area contributed by atoms with Crippen LogP contribution in [0.25, 0.3) is 0 Å². The van der Waals surface area contributed by atoms with Crippen LogP contribution in [0.2, 0.25) is 0 Å². The van der Waals surface area contributed by atoms with Gasteiger partial charge in [0.05, 0.1) is 5.37 Å². The monoisotopic (exact) mass is 274 g/mol. The molecule has 5 nitrogen and oxygen atoms in total. The molecule has 0 aromatic carbocycles. The van der Waals surface area contributed by atoms with Gasteiger partial charge in [0.1, 0.15) is 6.04 Å². The maximum absolute atomic E-state index is 12.4. The molecule has 0 aromatic rings. The van der Waals surface area contributed by atoms with Crippen LogP contribution in [-0.2, 0) is 9.59 Å². The zero-order chi connectivity index (χ0) is 13.9. The Morgan fingerprint density at radius 2 is 2.06 bits per heavy atom. The second kappa shape index (κ2) is 6.43. The van der Waals surface area contributed by atoms with Crippen LogP contribution in [0.1, 0.15) is 20.8 Å². The molecular weight excluding hydrogens is 252 g/mol. The third-order valence-corrected chi connectivity index (χ3v) is 4.70. The molecule has 0 spiro atoms. The van der Waals surface area contributed by atoms with Crippen LogP contribution in [0.3, 0.4) is 0 Å². The third kappa shape index (κ3) is 3.17. The Hall–Kier alpha value is -0.750. The van der Waals surface area contributed by atoms with Crippen molar-refractivity contribution in [3.8, 4) is 0 Å². The van der Waals surface area contributed by atoms with Crippen molar-refractivity contribution in [2.45, 2.75) is 32.2 Å². The van der Waals surface area contributed by atoms with Crippen LogP contribution in [0.5, 0.6) is 0 Å². The van der Waals surface area contributed by atoms with Crippen LogP contribution >= 0.6 is 11.8 Å². The zero-order valence-electron chi connectivity index (χ0n) is 11.3. The van der Waals surface area contributed by atoms with Gasteiger partial charge in [-0.15, -0.1) is 11.8 Å². The molecule has 2 N–H and O–H groups in total. The van der Waals surface area contributed by atoms with E-state index in [4.69, 9.17) is 0 Å².